The highest BCUT2D eigenvalue weighted by Crippen LogP contribution is 2.27. The molecule has 0 bridgehead atoms. The number of furan rings is 1. The number of aryl methyl sites for hydroxylation is 1. The van der Waals surface area contributed by atoms with E-state index in [1.54, 1.807) is 29.1 Å². The Labute approximate surface area is 183 Å². The van der Waals surface area contributed by atoms with E-state index >= 15 is 0 Å². The van der Waals surface area contributed by atoms with Crippen LogP contribution in [0.2, 0.25) is 5.02 Å². The van der Waals surface area contributed by atoms with Gasteiger partial charge in [-0.25, -0.2) is 14.1 Å². The molecule has 3 aromatic heterocycles. The molecule has 0 N–H and O–H groups in total. The Kier molecular flexibility index (Phi) is 5.37. The van der Waals surface area contributed by atoms with E-state index in [9.17, 15) is 4.79 Å². The van der Waals surface area contributed by atoms with Gasteiger partial charge in [-0.1, -0.05) is 29.8 Å². The smallest absolute Gasteiger partial charge is 0.261 e. The molecule has 0 aliphatic rings. The van der Waals surface area contributed by atoms with Crippen molar-refractivity contribution >= 4 is 33.5 Å². The number of rotatable bonds is 4. The van der Waals surface area contributed by atoms with Crippen LogP contribution in [0.25, 0.3) is 21.9 Å². The molecule has 1 atom stereocenters. The fraction of sp³-hybridized carbons (Fsp3) is 0.136. The molecule has 3 heterocycles. The van der Waals surface area contributed by atoms with E-state index in [2.05, 4.69) is 4.98 Å². The fourth-order valence-electron chi connectivity index (χ4n) is 3.60. The Hall–Kier alpha value is -3.09. The molecule has 6 nitrogen and oxygen atoms in total. The number of para-hydroxylation sites is 1. The average Bonchev–Trinajstić information content (AvgIpc) is 3.34. The second kappa shape index (κ2) is 7.97. The van der Waals surface area contributed by atoms with E-state index in [0.717, 1.165) is 16.7 Å². The van der Waals surface area contributed by atoms with Crippen molar-refractivity contribution in [3.8, 4) is 0 Å². The van der Waals surface area contributed by atoms with Gasteiger partial charge in [0.25, 0.3) is 5.56 Å². The van der Waals surface area contributed by atoms with Crippen LogP contribution in [0.5, 0.6) is 0 Å². The molecule has 5 aromatic rings. The summed E-state index contributed by atoms with van der Waals surface area (Å²) in [6.07, 6.45) is 7.47. The molecule has 0 amide bonds. The number of imidazole rings is 1. The fourth-order valence-corrected chi connectivity index (χ4v) is 3.77. The molecule has 152 valence electrons. The van der Waals surface area contributed by atoms with Crippen molar-refractivity contribution in [1.29, 1.82) is 0 Å². The molecule has 0 spiro atoms. The topological polar surface area (TPSA) is 56.8 Å². The summed E-state index contributed by atoms with van der Waals surface area (Å²) in [7, 11) is 1.96. The van der Waals surface area contributed by atoms with Gasteiger partial charge in [-0.15, -0.1) is 0 Å². The summed E-state index contributed by atoms with van der Waals surface area (Å²) in [6, 6.07) is 14.8. The van der Waals surface area contributed by atoms with Gasteiger partial charge in [-0.05, 0) is 30.3 Å². The van der Waals surface area contributed by atoms with Gasteiger partial charge in [0.15, 0.2) is 11.8 Å². The van der Waals surface area contributed by atoms with E-state index in [0.29, 0.717) is 22.5 Å². The van der Waals surface area contributed by atoms with Gasteiger partial charge in [0.1, 0.15) is 18.0 Å². The summed E-state index contributed by atoms with van der Waals surface area (Å²) in [5, 5.41) is 2.04. The van der Waals surface area contributed by atoms with E-state index in [1.807, 2.05) is 65.2 Å². The highest BCUT2D eigenvalue weighted by molar-refractivity contribution is 6.31. The minimum absolute atomic E-state index is 0. The van der Waals surface area contributed by atoms with Crippen LogP contribution in [-0.2, 0) is 13.6 Å². The Morgan fingerprint density at radius 3 is 2.80 bits per heavy atom. The van der Waals surface area contributed by atoms with E-state index in [-0.39, 0.29) is 24.0 Å². The second-order valence-electron chi connectivity index (χ2n) is 7.09. The summed E-state index contributed by atoms with van der Waals surface area (Å²) in [5.41, 5.74) is 1.32. The molecule has 1 unspecified atom stereocenters. The molecule has 8 heteroatoms. The summed E-state index contributed by atoms with van der Waals surface area (Å²) >= 11 is 6.09. The lowest BCUT2D eigenvalue weighted by Gasteiger charge is -2.13. The average molecular weight is 441 g/mol. The minimum atomic E-state index is -0.209. The molecular weight excluding hydrogens is 423 g/mol. The van der Waals surface area contributed by atoms with Crippen molar-refractivity contribution in [3.05, 3.63) is 94.7 Å². The standard InChI is InChI=1S/C22H18ClN4O2.ClH/c1-25-8-9-26(14-25)19(21-10-15-4-2-3-5-20(15)29-21)12-27-13-24-18-7-6-16(23)11-17(18)22(27)28;/h2-11,13-14,19H,12H2,1H3;1H/q+1;/p-1. The van der Waals surface area contributed by atoms with Crippen LogP contribution in [0.1, 0.15) is 11.8 Å². The summed E-state index contributed by atoms with van der Waals surface area (Å²) in [5.74, 6) is 0.778. The van der Waals surface area contributed by atoms with Crippen molar-refractivity contribution in [2.75, 3.05) is 0 Å². The number of aromatic nitrogens is 4. The van der Waals surface area contributed by atoms with E-state index in [1.165, 1.54) is 0 Å². The number of nitrogens with zero attached hydrogens (tertiary/aromatic N) is 4. The summed E-state index contributed by atoms with van der Waals surface area (Å²) in [4.78, 5) is 17.5. The molecule has 2 aromatic carbocycles. The minimum Gasteiger partial charge on any atom is -1.00 e. The predicted molar refractivity (Wildman–Crippen MR) is 111 cm³/mol. The highest BCUT2D eigenvalue weighted by Gasteiger charge is 2.24. The van der Waals surface area contributed by atoms with Crippen LogP contribution >= 0.6 is 11.6 Å². The maximum atomic E-state index is 13.1. The highest BCUT2D eigenvalue weighted by atomic mass is 35.5. The monoisotopic (exact) mass is 440 g/mol. The summed E-state index contributed by atoms with van der Waals surface area (Å²) < 4.78 is 11.7. The molecule has 5 rings (SSSR count). The quantitative estimate of drug-likeness (QED) is 0.387. The number of hydrogen-bond acceptors (Lipinski definition) is 3. The van der Waals surface area contributed by atoms with Crippen LogP contribution < -0.4 is 22.5 Å². The molecule has 0 saturated heterocycles. The van der Waals surface area contributed by atoms with Crippen LogP contribution in [0.4, 0.5) is 0 Å². The van der Waals surface area contributed by atoms with Crippen molar-refractivity contribution in [2.24, 2.45) is 7.05 Å². The predicted octanol–water partition coefficient (Wildman–Crippen LogP) is 0.716. The lowest BCUT2D eigenvalue weighted by Crippen LogP contribution is -3.00. The van der Waals surface area contributed by atoms with Gasteiger partial charge in [-0.3, -0.25) is 9.36 Å². The van der Waals surface area contributed by atoms with Crippen molar-refractivity contribution < 1.29 is 21.4 Å². The number of benzene rings is 2. The zero-order valence-corrected chi connectivity index (χ0v) is 17.6. The van der Waals surface area contributed by atoms with E-state index in [4.69, 9.17) is 16.0 Å². The van der Waals surface area contributed by atoms with Crippen molar-refractivity contribution in [2.45, 2.75) is 12.6 Å². The Bertz CT molecular complexity index is 1370. The molecule has 0 fully saturated rings. The molecule has 0 radical (unpaired) electrons. The normalized spacial score (nSPS) is 12.2. The third-order valence-electron chi connectivity index (χ3n) is 5.08. The Morgan fingerprint density at radius 1 is 1.20 bits per heavy atom. The zero-order chi connectivity index (χ0) is 20.0. The molecule has 0 aliphatic carbocycles. The van der Waals surface area contributed by atoms with Crippen LogP contribution in [-0.4, -0.2) is 14.1 Å². The first-order valence-electron chi connectivity index (χ1n) is 9.24. The van der Waals surface area contributed by atoms with Crippen LogP contribution in [0.3, 0.4) is 0 Å². The Balaban J connectivity index is 0.00000218. The molecule has 0 saturated carbocycles. The Morgan fingerprint density at radius 2 is 2.03 bits per heavy atom. The number of fused-ring (bicyclic) bond motifs is 2. The number of halogens is 2. The van der Waals surface area contributed by atoms with Gasteiger partial charge in [0.2, 0.25) is 6.33 Å². The molecule has 0 aliphatic heterocycles. The van der Waals surface area contributed by atoms with E-state index < -0.39 is 0 Å². The maximum absolute atomic E-state index is 13.1. The first-order chi connectivity index (χ1) is 14.1. The first kappa shape index (κ1) is 20.2. The lowest BCUT2D eigenvalue weighted by molar-refractivity contribution is -0.671. The zero-order valence-electron chi connectivity index (χ0n) is 16.1. The van der Waals surface area contributed by atoms with Gasteiger partial charge in [-0.2, -0.15) is 0 Å². The van der Waals surface area contributed by atoms with Crippen molar-refractivity contribution in [3.63, 3.8) is 0 Å². The van der Waals surface area contributed by atoms with Gasteiger partial charge < -0.3 is 16.8 Å². The number of hydrogen-bond donors (Lipinski definition) is 0. The van der Waals surface area contributed by atoms with Gasteiger partial charge in [0, 0.05) is 10.4 Å². The summed E-state index contributed by atoms with van der Waals surface area (Å²) in [6.45, 7) is 0.378. The lowest BCUT2D eigenvalue weighted by atomic mass is 10.2. The SMILES string of the molecule is C[n+]1ccn(C(Cn2cnc3ccc(Cl)cc3c2=O)c2cc3ccccc3o2)c1.[Cl-]. The second-order valence-corrected chi connectivity index (χ2v) is 7.53. The first-order valence-corrected chi connectivity index (χ1v) is 9.62. The molecular formula is C22H18Cl2N4O2. The maximum Gasteiger partial charge on any atom is 0.261 e. The van der Waals surface area contributed by atoms with Gasteiger partial charge in [0.05, 0.1) is 30.8 Å². The van der Waals surface area contributed by atoms with Crippen LogP contribution in [0.15, 0.2) is 82.8 Å². The van der Waals surface area contributed by atoms with Gasteiger partial charge >= 0.3 is 0 Å². The van der Waals surface area contributed by atoms with Crippen LogP contribution in [0, 0.1) is 0 Å². The third kappa shape index (κ3) is 3.60. The van der Waals surface area contributed by atoms with Crippen molar-refractivity contribution in [1.82, 2.24) is 14.1 Å². The molecule has 30 heavy (non-hydrogen) atoms. The largest absolute Gasteiger partial charge is 1.00 e. The third-order valence-corrected chi connectivity index (χ3v) is 5.31.